The summed E-state index contributed by atoms with van der Waals surface area (Å²) in [6.45, 7) is 0. The maximum Gasteiger partial charge on any atom is 0.309 e. The largest absolute Gasteiger partial charge is 0.481 e. The maximum absolute atomic E-state index is 10.6. The predicted molar refractivity (Wildman–Crippen MR) is 81.1 cm³/mol. The molecule has 1 heterocycles. The fourth-order valence-corrected chi connectivity index (χ4v) is 2.66. The summed E-state index contributed by atoms with van der Waals surface area (Å²) in [6, 6.07) is 6.35. The molecule has 1 aromatic carbocycles. The van der Waals surface area contributed by atoms with Crippen molar-refractivity contribution in [3.05, 3.63) is 50.2 Å². The van der Waals surface area contributed by atoms with E-state index in [1.165, 1.54) is 6.07 Å². The van der Waals surface area contributed by atoms with E-state index < -0.39 is 5.97 Å². The lowest BCUT2D eigenvalue weighted by molar-refractivity contribution is -0.136. The Balaban J connectivity index is 2.51. The van der Waals surface area contributed by atoms with Gasteiger partial charge in [0.25, 0.3) is 0 Å². The molecular formula is C13H7Cl4NO2. The number of carboxylic acids is 1. The van der Waals surface area contributed by atoms with Crippen LogP contribution in [0.25, 0.3) is 11.1 Å². The summed E-state index contributed by atoms with van der Waals surface area (Å²) in [4.78, 5) is 14.7. The van der Waals surface area contributed by atoms with Crippen LogP contribution in [0.3, 0.4) is 0 Å². The van der Waals surface area contributed by atoms with E-state index in [4.69, 9.17) is 51.5 Å². The number of aromatic nitrogens is 1. The highest BCUT2D eigenvalue weighted by molar-refractivity contribution is 6.45. The molecular weight excluding hydrogens is 344 g/mol. The van der Waals surface area contributed by atoms with Crippen LogP contribution >= 0.6 is 46.4 Å². The molecule has 7 heteroatoms. The van der Waals surface area contributed by atoms with Crippen LogP contribution in [-0.4, -0.2) is 16.1 Å². The predicted octanol–water partition coefficient (Wildman–Crippen LogP) is 4.99. The highest BCUT2D eigenvalue weighted by Gasteiger charge is 2.14. The van der Waals surface area contributed by atoms with Crippen LogP contribution < -0.4 is 0 Å². The smallest absolute Gasteiger partial charge is 0.309 e. The average Bonchev–Trinajstić information content (AvgIpc) is 2.33. The quantitative estimate of drug-likeness (QED) is 0.626. The van der Waals surface area contributed by atoms with E-state index in [1.807, 2.05) is 0 Å². The Morgan fingerprint density at radius 1 is 1.10 bits per heavy atom. The summed E-state index contributed by atoms with van der Waals surface area (Å²) in [5.41, 5.74) is 1.44. The van der Waals surface area contributed by atoms with Gasteiger partial charge in [0.2, 0.25) is 0 Å². The highest BCUT2D eigenvalue weighted by Crippen LogP contribution is 2.38. The number of carboxylic acid groups (broad SMARTS) is 1. The minimum atomic E-state index is -0.981. The number of carbonyl (C=O) groups is 1. The standard InChI is InChI=1S/C13H7Cl4NO2/c14-6-3-9(12(16)10(15)4-6)8-2-1-7(5-11(19)20)18-13(8)17/h1-4H,5H2,(H,19,20). The summed E-state index contributed by atoms with van der Waals surface area (Å²) >= 11 is 24.1. The van der Waals surface area contributed by atoms with Gasteiger partial charge in [-0.3, -0.25) is 4.79 Å². The van der Waals surface area contributed by atoms with Crippen LogP contribution in [0.1, 0.15) is 5.69 Å². The minimum Gasteiger partial charge on any atom is -0.481 e. The van der Waals surface area contributed by atoms with Crippen LogP contribution in [0, 0.1) is 0 Å². The number of pyridine rings is 1. The van der Waals surface area contributed by atoms with E-state index in [0.29, 0.717) is 31.9 Å². The van der Waals surface area contributed by atoms with Gasteiger partial charge in [-0.25, -0.2) is 4.98 Å². The van der Waals surface area contributed by atoms with Crippen LogP contribution in [-0.2, 0) is 11.2 Å². The second-order valence-corrected chi connectivity index (χ2v) is 5.54. The zero-order valence-corrected chi connectivity index (χ0v) is 12.9. The molecule has 3 nitrogen and oxygen atoms in total. The number of rotatable bonds is 3. The first-order chi connectivity index (χ1) is 9.38. The van der Waals surface area contributed by atoms with Crippen molar-refractivity contribution in [2.75, 3.05) is 0 Å². The van der Waals surface area contributed by atoms with Crippen molar-refractivity contribution >= 4 is 52.4 Å². The van der Waals surface area contributed by atoms with Crippen molar-refractivity contribution in [3.63, 3.8) is 0 Å². The van der Waals surface area contributed by atoms with Crippen LogP contribution in [0.4, 0.5) is 0 Å². The van der Waals surface area contributed by atoms with E-state index >= 15 is 0 Å². The average molecular weight is 351 g/mol. The molecule has 104 valence electrons. The van der Waals surface area contributed by atoms with Gasteiger partial charge >= 0.3 is 5.97 Å². The molecule has 0 aliphatic carbocycles. The SMILES string of the molecule is O=C(O)Cc1ccc(-c2cc(Cl)cc(Cl)c2Cl)c(Cl)n1. The Labute approximate surface area is 135 Å². The van der Waals surface area contributed by atoms with Crippen molar-refractivity contribution in [3.8, 4) is 11.1 Å². The van der Waals surface area contributed by atoms with Crippen LogP contribution in [0.15, 0.2) is 24.3 Å². The normalized spacial score (nSPS) is 10.6. The number of nitrogens with zero attached hydrogens (tertiary/aromatic N) is 1. The molecule has 2 rings (SSSR count). The molecule has 0 saturated heterocycles. The van der Waals surface area contributed by atoms with Crippen LogP contribution in [0.5, 0.6) is 0 Å². The fraction of sp³-hybridized carbons (Fsp3) is 0.0769. The van der Waals surface area contributed by atoms with E-state index in [-0.39, 0.29) is 11.6 Å². The molecule has 0 atom stereocenters. The van der Waals surface area contributed by atoms with Crippen molar-refractivity contribution in [2.45, 2.75) is 6.42 Å². The molecule has 0 fully saturated rings. The number of halogens is 4. The molecule has 0 saturated carbocycles. The summed E-state index contributed by atoms with van der Waals surface area (Å²) in [5.74, 6) is -0.981. The van der Waals surface area contributed by atoms with E-state index in [2.05, 4.69) is 4.98 Å². The van der Waals surface area contributed by atoms with Crippen molar-refractivity contribution < 1.29 is 9.90 Å². The van der Waals surface area contributed by atoms with Crippen LogP contribution in [0.2, 0.25) is 20.2 Å². The second-order valence-electron chi connectivity index (χ2n) is 3.96. The first-order valence-corrected chi connectivity index (χ1v) is 6.92. The summed E-state index contributed by atoms with van der Waals surface area (Å²) in [6.07, 6.45) is -0.204. The van der Waals surface area contributed by atoms with Gasteiger partial charge in [0.05, 0.1) is 22.2 Å². The molecule has 2 aromatic rings. The van der Waals surface area contributed by atoms with Crippen molar-refractivity contribution in [1.29, 1.82) is 0 Å². The van der Waals surface area contributed by atoms with E-state index in [1.54, 1.807) is 18.2 Å². The fourth-order valence-electron chi connectivity index (χ4n) is 1.68. The Bertz CT molecular complexity index is 688. The second kappa shape index (κ2) is 6.19. The summed E-state index contributed by atoms with van der Waals surface area (Å²) < 4.78 is 0. The monoisotopic (exact) mass is 349 g/mol. The van der Waals surface area contributed by atoms with Gasteiger partial charge in [0.15, 0.2) is 0 Å². The maximum atomic E-state index is 10.6. The molecule has 0 bridgehead atoms. The summed E-state index contributed by atoms with van der Waals surface area (Å²) in [7, 11) is 0. The highest BCUT2D eigenvalue weighted by atomic mass is 35.5. The number of hydrogen-bond acceptors (Lipinski definition) is 2. The van der Waals surface area contributed by atoms with Gasteiger partial charge in [-0.2, -0.15) is 0 Å². The Kier molecular flexibility index (Phi) is 4.76. The Morgan fingerprint density at radius 2 is 1.80 bits per heavy atom. The molecule has 0 amide bonds. The molecule has 20 heavy (non-hydrogen) atoms. The number of aliphatic carboxylic acids is 1. The Morgan fingerprint density at radius 3 is 2.40 bits per heavy atom. The van der Waals surface area contributed by atoms with Crippen molar-refractivity contribution in [2.24, 2.45) is 0 Å². The lowest BCUT2D eigenvalue weighted by Crippen LogP contribution is -2.02. The van der Waals surface area contributed by atoms with E-state index in [0.717, 1.165) is 0 Å². The van der Waals surface area contributed by atoms with Gasteiger partial charge in [-0.15, -0.1) is 0 Å². The number of hydrogen-bond donors (Lipinski definition) is 1. The molecule has 0 spiro atoms. The topological polar surface area (TPSA) is 50.2 Å². The lowest BCUT2D eigenvalue weighted by atomic mass is 10.1. The molecule has 0 radical (unpaired) electrons. The van der Waals surface area contributed by atoms with Gasteiger partial charge in [0.1, 0.15) is 5.15 Å². The molecule has 0 aliphatic heterocycles. The zero-order valence-electron chi connectivity index (χ0n) is 9.83. The molecule has 0 unspecified atom stereocenters. The molecule has 0 aliphatic rings. The minimum absolute atomic E-state index is 0.143. The van der Waals surface area contributed by atoms with E-state index in [9.17, 15) is 4.79 Å². The third-order valence-electron chi connectivity index (χ3n) is 2.52. The summed E-state index contributed by atoms with van der Waals surface area (Å²) in [5, 5.41) is 9.90. The zero-order chi connectivity index (χ0) is 14.9. The Hall–Kier alpha value is -1.000. The molecule has 1 aromatic heterocycles. The lowest BCUT2D eigenvalue weighted by Gasteiger charge is -2.09. The third kappa shape index (κ3) is 3.36. The van der Waals surface area contributed by atoms with Crippen molar-refractivity contribution in [1.82, 2.24) is 4.98 Å². The molecule has 1 N–H and O–H groups in total. The first-order valence-electron chi connectivity index (χ1n) is 5.40. The third-order valence-corrected chi connectivity index (χ3v) is 3.83. The van der Waals surface area contributed by atoms with Gasteiger partial charge in [-0.05, 0) is 24.3 Å². The van der Waals surface area contributed by atoms with Gasteiger partial charge < -0.3 is 5.11 Å². The van der Waals surface area contributed by atoms with Gasteiger partial charge in [0, 0.05) is 16.1 Å². The number of benzene rings is 1. The first kappa shape index (κ1) is 15.4. The van der Waals surface area contributed by atoms with Gasteiger partial charge in [-0.1, -0.05) is 46.4 Å².